The zero-order chi connectivity index (χ0) is 13.1. The van der Waals surface area contributed by atoms with Gasteiger partial charge in [0.25, 0.3) is 0 Å². The van der Waals surface area contributed by atoms with Gasteiger partial charge in [0.15, 0.2) is 8.68 Å². The lowest BCUT2D eigenvalue weighted by atomic mass is 10.1. The first-order valence-electron chi connectivity index (χ1n) is 5.13. The Labute approximate surface area is 123 Å². The van der Waals surface area contributed by atoms with Gasteiger partial charge >= 0.3 is 0 Å². The molecule has 1 aromatic heterocycles. The van der Waals surface area contributed by atoms with Gasteiger partial charge in [0, 0.05) is 4.90 Å². The van der Waals surface area contributed by atoms with Crippen LogP contribution in [0.2, 0.25) is 5.02 Å². The standard InChI is InChI=1S/C11H11ClN2OS3/c1-6(15)7-3-4-9(8(12)5-7)17-11-14-13-10(16-2)18-11/h3-6,15H,1-2H3/t6-/m0/s1. The van der Waals surface area contributed by atoms with Crippen LogP contribution in [0.5, 0.6) is 0 Å². The molecule has 0 amide bonds. The fourth-order valence-electron chi connectivity index (χ4n) is 1.27. The van der Waals surface area contributed by atoms with Crippen molar-refractivity contribution in [2.75, 3.05) is 6.26 Å². The van der Waals surface area contributed by atoms with Crippen molar-refractivity contribution in [3.63, 3.8) is 0 Å². The van der Waals surface area contributed by atoms with Gasteiger partial charge in [-0.15, -0.1) is 10.2 Å². The second-order valence-electron chi connectivity index (χ2n) is 3.51. The lowest BCUT2D eigenvalue weighted by Gasteiger charge is -2.07. The van der Waals surface area contributed by atoms with Crippen LogP contribution in [0, 0.1) is 0 Å². The smallest absolute Gasteiger partial charge is 0.179 e. The Kier molecular flexibility index (Phi) is 4.91. The van der Waals surface area contributed by atoms with Gasteiger partial charge in [-0.2, -0.15) is 0 Å². The lowest BCUT2D eigenvalue weighted by Crippen LogP contribution is -1.90. The summed E-state index contributed by atoms with van der Waals surface area (Å²) in [6.45, 7) is 1.72. The first kappa shape index (κ1) is 14.1. The van der Waals surface area contributed by atoms with Crippen molar-refractivity contribution in [2.45, 2.75) is 26.6 Å². The molecule has 7 heteroatoms. The summed E-state index contributed by atoms with van der Waals surface area (Å²) >= 11 is 10.8. The van der Waals surface area contributed by atoms with E-state index in [-0.39, 0.29) is 0 Å². The van der Waals surface area contributed by atoms with E-state index in [1.54, 1.807) is 36.1 Å². The van der Waals surface area contributed by atoms with Crippen molar-refractivity contribution in [2.24, 2.45) is 0 Å². The van der Waals surface area contributed by atoms with Crippen molar-refractivity contribution in [1.82, 2.24) is 10.2 Å². The highest BCUT2D eigenvalue weighted by Gasteiger charge is 2.10. The Balaban J connectivity index is 2.19. The molecule has 0 aliphatic heterocycles. The molecular weight excluding hydrogens is 308 g/mol. The maximum Gasteiger partial charge on any atom is 0.179 e. The molecule has 1 N–H and O–H groups in total. The predicted octanol–water partition coefficient (Wildman–Crippen LogP) is 4.12. The molecule has 1 heterocycles. The van der Waals surface area contributed by atoms with E-state index in [0.29, 0.717) is 5.02 Å². The van der Waals surface area contributed by atoms with E-state index in [4.69, 9.17) is 11.6 Å². The summed E-state index contributed by atoms with van der Waals surface area (Å²) in [5.41, 5.74) is 0.811. The minimum Gasteiger partial charge on any atom is -0.389 e. The monoisotopic (exact) mass is 318 g/mol. The summed E-state index contributed by atoms with van der Waals surface area (Å²) in [6.07, 6.45) is 1.46. The molecule has 0 radical (unpaired) electrons. The molecule has 0 bridgehead atoms. The number of halogens is 1. The second-order valence-corrected chi connectivity index (χ2v) is 7.23. The van der Waals surface area contributed by atoms with Gasteiger partial charge in [0.1, 0.15) is 0 Å². The van der Waals surface area contributed by atoms with Crippen LogP contribution >= 0.6 is 46.5 Å². The summed E-state index contributed by atoms with van der Waals surface area (Å²) in [4.78, 5) is 0.921. The predicted molar refractivity (Wildman–Crippen MR) is 77.9 cm³/mol. The molecule has 1 aromatic carbocycles. The minimum absolute atomic E-state index is 0.508. The number of aliphatic hydroxyl groups excluding tert-OH is 1. The van der Waals surface area contributed by atoms with Gasteiger partial charge < -0.3 is 5.11 Å². The highest BCUT2D eigenvalue weighted by molar-refractivity contribution is 8.03. The number of aliphatic hydroxyl groups is 1. The molecule has 18 heavy (non-hydrogen) atoms. The fraction of sp³-hybridized carbons (Fsp3) is 0.273. The van der Waals surface area contributed by atoms with Crippen molar-refractivity contribution in [3.05, 3.63) is 28.8 Å². The Morgan fingerprint density at radius 2 is 2.06 bits per heavy atom. The van der Waals surface area contributed by atoms with Gasteiger partial charge in [-0.1, -0.05) is 52.5 Å². The minimum atomic E-state index is -0.508. The molecule has 0 saturated heterocycles. The molecule has 0 aliphatic carbocycles. The Bertz CT molecular complexity index is 545. The van der Waals surface area contributed by atoms with Crippen LogP contribution in [0.15, 0.2) is 31.8 Å². The summed E-state index contributed by atoms with van der Waals surface area (Å²) < 4.78 is 1.81. The second kappa shape index (κ2) is 6.25. The maximum atomic E-state index is 9.48. The number of aromatic nitrogens is 2. The number of benzene rings is 1. The topological polar surface area (TPSA) is 46.0 Å². The van der Waals surface area contributed by atoms with E-state index >= 15 is 0 Å². The van der Waals surface area contributed by atoms with Crippen LogP contribution < -0.4 is 0 Å². The first-order valence-corrected chi connectivity index (χ1v) is 8.36. The van der Waals surface area contributed by atoms with Crippen molar-refractivity contribution < 1.29 is 5.11 Å². The third-order valence-electron chi connectivity index (χ3n) is 2.20. The number of nitrogens with zero attached hydrogens (tertiary/aromatic N) is 2. The largest absolute Gasteiger partial charge is 0.389 e. The molecule has 0 spiro atoms. The molecule has 3 nitrogen and oxygen atoms in total. The average molecular weight is 319 g/mol. The van der Waals surface area contributed by atoms with E-state index < -0.39 is 6.10 Å². The van der Waals surface area contributed by atoms with Gasteiger partial charge in [-0.05, 0) is 30.9 Å². The summed E-state index contributed by atoms with van der Waals surface area (Å²) in [7, 11) is 0. The molecule has 0 fully saturated rings. The van der Waals surface area contributed by atoms with E-state index in [9.17, 15) is 5.11 Å². The van der Waals surface area contributed by atoms with Crippen LogP contribution in [0.1, 0.15) is 18.6 Å². The number of hydrogen-bond acceptors (Lipinski definition) is 6. The van der Waals surface area contributed by atoms with E-state index in [1.165, 1.54) is 11.8 Å². The average Bonchev–Trinajstić information content (AvgIpc) is 2.79. The maximum absolute atomic E-state index is 9.48. The molecule has 2 rings (SSSR count). The van der Waals surface area contributed by atoms with Gasteiger partial charge in [-0.25, -0.2) is 0 Å². The van der Waals surface area contributed by atoms with E-state index in [1.807, 2.05) is 18.4 Å². The highest BCUT2D eigenvalue weighted by atomic mass is 35.5. The molecule has 0 unspecified atom stereocenters. The summed E-state index contributed by atoms with van der Waals surface area (Å²) in [6, 6.07) is 5.55. The first-order chi connectivity index (χ1) is 8.60. The van der Waals surface area contributed by atoms with Crippen molar-refractivity contribution in [1.29, 1.82) is 0 Å². The number of thioether (sulfide) groups is 1. The van der Waals surface area contributed by atoms with E-state index in [0.717, 1.165) is 19.1 Å². The van der Waals surface area contributed by atoms with Crippen molar-refractivity contribution in [3.8, 4) is 0 Å². The van der Waals surface area contributed by atoms with Crippen LogP contribution in [0.25, 0.3) is 0 Å². The molecular formula is C11H11ClN2OS3. The molecule has 2 aromatic rings. The Hall–Kier alpha value is -0.270. The van der Waals surface area contributed by atoms with Crippen LogP contribution in [0.3, 0.4) is 0 Å². The normalized spacial score (nSPS) is 12.7. The van der Waals surface area contributed by atoms with Crippen LogP contribution in [-0.4, -0.2) is 21.6 Å². The molecule has 0 saturated carbocycles. The Morgan fingerprint density at radius 1 is 1.33 bits per heavy atom. The van der Waals surface area contributed by atoms with Gasteiger partial charge in [-0.3, -0.25) is 0 Å². The quantitative estimate of drug-likeness (QED) is 0.859. The van der Waals surface area contributed by atoms with Crippen LogP contribution in [-0.2, 0) is 0 Å². The Morgan fingerprint density at radius 3 is 2.61 bits per heavy atom. The zero-order valence-corrected chi connectivity index (χ0v) is 13.0. The number of rotatable bonds is 4. The SMILES string of the molecule is CSc1nnc(Sc2ccc([C@H](C)O)cc2Cl)s1. The zero-order valence-electron chi connectivity index (χ0n) is 9.75. The van der Waals surface area contributed by atoms with Crippen LogP contribution in [0.4, 0.5) is 0 Å². The van der Waals surface area contributed by atoms with E-state index in [2.05, 4.69) is 10.2 Å². The summed E-state index contributed by atoms with van der Waals surface area (Å²) in [5, 5.41) is 18.2. The molecule has 96 valence electrons. The lowest BCUT2D eigenvalue weighted by molar-refractivity contribution is 0.199. The third kappa shape index (κ3) is 3.39. The third-order valence-corrected chi connectivity index (χ3v) is 5.65. The molecule has 0 aliphatic rings. The van der Waals surface area contributed by atoms with Gasteiger partial charge in [0.05, 0.1) is 11.1 Å². The highest BCUT2D eigenvalue weighted by Crippen LogP contribution is 2.37. The van der Waals surface area contributed by atoms with Gasteiger partial charge in [0.2, 0.25) is 0 Å². The number of hydrogen-bond donors (Lipinski definition) is 1. The van der Waals surface area contributed by atoms with Crippen molar-refractivity contribution >= 4 is 46.5 Å². The molecule has 1 atom stereocenters. The fourth-order valence-corrected chi connectivity index (χ4v) is 3.98. The summed E-state index contributed by atoms with van der Waals surface area (Å²) in [5.74, 6) is 0.